The molecule has 23 heavy (non-hydrogen) atoms. The minimum atomic E-state index is -0.799. The second kappa shape index (κ2) is 6.46. The summed E-state index contributed by atoms with van der Waals surface area (Å²) >= 11 is 6.34. The minimum absolute atomic E-state index is 0.313. The smallest absolute Gasteiger partial charge is 0.103 e. The van der Waals surface area contributed by atoms with Gasteiger partial charge in [0.05, 0.1) is 21.8 Å². The number of hydrogen-bond acceptors (Lipinski definition) is 4. The average molecular weight is 348 g/mol. The highest BCUT2D eigenvalue weighted by Crippen LogP contribution is 2.34. The molecule has 4 nitrogen and oxygen atoms in total. The van der Waals surface area contributed by atoms with Crippen molar-refractivity contribution < 1.29 is 4.21 Å². The molecular formula is C17H18ClN3OS. The fraction of sp³-hybridized carbons (Fsp3) is 0.412. The molecule has 0 amide bonds. The van der Waals surface area contributed by atoms with Crippen molar-refractivity contribution in [3.63, 3.8) is 0 Å². The van der Waals surface area contributed by atoms with Crippen molar-refractivity contribution in [2.45, 2.75) is 13.8 Å². The van der Waals surface area contributed by atoms with Crippen LogP contribution in [0.4, 0.5) is 5.69 Å². The Morgan fingerprint density at radius 1 is 1.48 bits per heavy atom. The quantitative estimate of drug-likeness (QED) is 0.794. The Labute approximate surface area is 143 Å². The second-order valence-corrected chi connectivity index (χ2v) is 8.17. The molecule has 2 aromatic rings. The molecule has 0 saturated carbocycles. The fourth-order valence-corrected chi connectivity index (χ4v) is 4.79. The third-order valence-corrected chi connectivity index (χ3v) is 5.94. The minimum Gasteiger partial charge on any atom is -0.369 e. The molecular weight excluding hydrogens is 330 g/mol. The SMILES string of the molecule is Cc1cc(Cl)c2ncc(C#N)c(N3CC[S@@](=O)C[C@H](C)C3)c2c1. The maximum absolute atomic E-state index is 12.0. The number of benzene rings is 1. The molecule has 1 aliphatic rings. The molecule has 3 rings (SSSR count). The van der Waals surface area contributed by atoms with Crippen molar-refractivity contribution in [3.05, 3.63) is 34.5 Å². The molecule has 0 spiro atoms. The van der Waals surface area contributed by atoms with E-state index in [1.165, 1.54) is 0 Å². The van der Waals surface area contributed by atoms with Gasteiger partial charge in [0.25, 0.3) is 0 Å². The standard InChI is InChI=1S/C17H18ClN3OS/c1-11-5-14-16(15(18)6-11)20-8-13(7-19)17(14)21-3-4-23(22)10-12(2)9-21/h5-6,8,12H,3-4,9-10H2,1-2H3/t12-,23-/m1/s1. The van der Waals surface area contributed by atoms with E-state index in [4.69, 9.17) is 11.6 Å². The highest BCUT2D eigenvalue weighted by molar-refractivity contribution is 7.85. The van der Waals surface area contributed by atoms with Crippen molar-refractivity contribution in [2.24, 2.45) is 5.92 Å². The lowest BCUT2D eigenvalue weighted by molar-refractivity contribution is 0.631. The van der Waals surface area contributed by atoms with Crippen LogP contribution in [0.25, 0.3) is 10.9 Å². The van der Waals surface area contributed by atoms with Crippen molar-refractivity contribution in [2.75, 3.05) is 29.5 Å². The van der Waals surface area contributed by atoms with Crippen molar-refractivity contribution in [1.82, 2.24) is 4.98 Å². The lowest BCUT2D eigenvalue weighted by Gasteiger charge is -2.27. The van der Waals surface area contributed by atoms with E-state index in [1.807, 2.05) is 19.1 Å². The lowest BCUT2D eigenvalue weighted by Crippen LogP contribution is -2.30. The van der Waals surface area contributed by atoms with E-state index in [9.17, 15) is 9.47 Å². The van der Waals surface area contributed by atoms with Crippen LogP contribution in [-0.2, 0) is 10.8 Å². The highest BCUT2D eigenvalue weighted by atomic mass is 35.5. The first-order valence-electron chi connectivity index (χ1n) is 7.58. The van der Waals surface area contributed by atoms with E-state index in [-0.39, 0.29) is 0 Å². The molecule has 1 aromatic carbocycles. The van der Waals surface area contributed by atoms with Crippen molar-refractivity contribution >= 4 is 39.0 Å². The molecule has 1 aliphatic heterocycles. The Hall–Kier alpha value is -1.64. The Bertz CT molecular complexity index is 831. The van der Waals surface area contributed by atoms with E-state index < -0.39 is 10.8 Å². The van der Waals surface area contributed by atoms with Crippen LogP contribution in [0.15, 0.2) is 18.3 Å². The molecule has 120 valence electrons. The van der Waals surface area contributed by atoms with Gasteiger partial charge in [-0.15, -0.1) is 0 Å². The largest absolute Gasteiger partial charge is 0.369 e. The van der Waals surface area contributed by atoms with E-state index in [2.05, 4.69) is 22.9 Å². The molecule has 1 fully saturated rings. The van der Waals surface area contributed by atoms with Crippen LogP contribution in [-0.4, -0.2) is 33.8 Å². The van der Waals surface area contributed by atoms with Crippen molar-refractivity contribution in [3.8, 4) is 6.07 Å². The molecule has 2 atom stereocenters. The van der Waals surface area contributed by atoms with Gasteiger partial charge in [0.1, 0.15) is 6.07 Å². The van der Waals surface area contributed by atoms with E-state index >= 15 is 0 Å². The first-order valence-corrected chi connectivity index (χ1v) is 9.45. The first kappa shape index (κ1) is 16.2. The zero-order chi connectivity index (χ0) is 16.6. The number of halogens is 1. The number of nitriles is 1. The van der Waals surface area contributed by atoms with Gasteiger partial charge in [0.15, 0.2) is 0 Å². The van der Waals surface area contributed by atoms with Crippen LogP contribution in [0.5, 0.6) is 0 Å². The summed E-state index contributed by atoms with van der Waals surface area (Å²) in [6.07, 6.45) is 1.59. The predicted molar refractivity (Wildman–Crippen MR) is 95.5 cm³/mol. The number of aryl methyl sites for hydroxylation is 1. The Morgan fingerprint density at radius 3 is 3.00 bits per heavy atom. The summed E-state index contributed by atoms with van der Waals surface area (Å²) in [6.45, 7) is 5.54. The maximum atomic E-state index is 12.0. The Morgan fingerprint density at radius 2 is 2.26 bits per heavy atom. The molecule has 0 unspecified atom stereocenters. The van der Waals surface area contributed by atoms with Gasteiger partial charge in [-0.3, -0.25) is 9.19 Å². The molecule has 0 bridgehead atoms. The Kier molecular flexibility index (Phi) is 4.56. The van der Waals surface area contributed by atoms with Gasteiger partial charge in [-0.2, -0.15) is 5.26 Å². The van der Waals surface area contributed by atoms with E-state index in [1.54, 1.807) is 6.20 Å². The number of hydrogen-bond donors (Lipinski definition) is 0. The summed E-state index contributed by atoms with van der Waals surface area (Å²) in [7, 11) is -0.799. The summed E-state index contributed by atoms with van der Waals surface area (Å²) in [4.78, 5) is 6.54. The number of pyridine rings is 1. The molecule has 0 aliphatic carbocycles. The molecule has 0 N–H and O–H groups in total. The van der Waals surface area contributed by atoms with E-state index in [0.29, 0.717) is 40.1 Å². The predicted octanol–water partition coefficient (Wildman–Crippen LogP) is 3.27. The first-order chi connectivity index (χ1) is 11.0. The van der Waals surface area contributed by atoms with Crippen LogP contribution < -0.4 is 4.90 Å². The van der Waals surface area contributed by atoms with Crippen molar-refractivity contribution in [1.29, 1.82) is 5.26 Å². The Balaban J connectivity index is 2.22. The van der Waals surface area contributed by atoms with Gasteiger partial charge >= 0.3 is 0 Å². The van der Waals surface area contributed by atoms with Gasteiger partial charge in [-0.1, -0.05) is 18.5 Å². The molecule has 1 aromatic heterocycles. The second-order valence-electron chi connectivity index (χ2n) is 6.14. The normalized spacial score (nSPS) is 21.9. The number of aromatic nitrogens is 1. The topological polar surface area (TPSA) is 57.0 Å². The fourth-order valence-electron chi connectivity index (χ4n) is 3.14. The molecule has 1 saturated heterocycles. The van der Waals surface area contributed by atoms with Gasteiger partial charge in [0.2, 0.25) is 0 Å². The third kappa shape index (κ3) is 3.19. The molecule has 6 heteroatoms. The summed E-state index contributed by atoms with van der Waals surface area (Å²) < 4.78 is 12.0. The monoisotopic (exact) mass is 347 g/mol. The maximum Gasteiger partial charge on any atom is 0.103 e. The molecule has 2 heterocycles. The highest BCUT2D eigenvalue weighted by Gasteiger charge is 2.23. The number of rotatable bonds is 1. The van der Waals surface area contributed by atoms with Crippen LogP contribution in [0, 0.1) is 24.2 Å². The van der Waals surface area contributed by atoms with E-state index in [0.717, 1.165) is 23.2 Å². The van der Waals surface area contributed by atoms with Crippen LogP contribution in [0.1, 0.15) is 18.1 Å². The zero-order valence-electron chi connectivity index (χ0n) is 13.2. The van der Waals surface area contributed by atoms with Crippen LogP contribution in [0.2, 0.25) is 5.02 Å². The summed E-state index contributed by atoms with van der Waals surface area (Å²) in [5, 5.41) is 11.0. The third-order valence-electron chi connectivity index (χ3n) is 4.07. The summed E-state index contributed by atoms with van der Waals surface area (Å²) in [5.74, 6) is 1.65. The van der Waals surface area contributed by atoms with Crippen LogP contribution >= 0.6 is 11.6 Å². The summed E-state index contributed by atoms with van der Waals surface area (Å²) in [5.41, 5.74) is 3.16. The van der Waals surface area contributed by atoms with Gasteiger partial charge in [-0.25, -0.2) is 0 Å². The van der Waals surface area contributed by atoms with Gasteiger partial charge < -0.3 is 4.90 Å². The van der Waals surface area contributed by atoms with Gasteiger partial charge in [-0.05, 0) is 30.5 Å². The van der Waals surface area contributed by atoms with Crippen LogP contribution in [0.3, 0.4) is 0 Å². The summed E-state index contributed by atoms with van der Waals surface area (Å²) in [6, 6.07) is 6.15. The number of nitrogens with zero attached hydrogens (tertiary/aromatic N) is 3. The van der Waals surface area contributed by atoms with Gasteiger partial charge in [0, 0.05) is 47.0 Å². The molecule has 0 radical (unpaired) electrons. The zero-order valence-corrected chi connectivity index (χ0v) is 14.7. The number of anilines is 1. The lowest BCUT2D eigenvalue weighted by atomic mass is 10.0. The number of fused-ring (bicyclic) bond motifs is 1. The average Bonchev–Trinajstić information content (AvgIpc) is 2.66.